The quantitative estimate of drug-likeness (QED) is 0.860. The SMILES string of the molecule is CCNC(c1ncccc1F)c1cnnn1C. The Morgan fingerprint density at radius 2 is 2.35 bits per heavy atom. The number of hydrogen-bond acceptors (Lipinski definition) is 4. The van der Waals surface area contributed by atoms with Gasteiger partial charge < -0.3 is 5.32 Å². The molecule has 0 aliphatic heterocycles. The molecule has 0 aromatic carbocycles. The summed E-state index contributed by atoms with van der Waals surface area (Å²) in [6.07, 6.45) is 3.19. The summed E-state index contributed by atoms with van der Waals surface area (Å²) in [7, 11) is 1.77. The Bertz CT molecular complexity index is 496. The summed E-state index contributed by atoms with van der Waals surface area (Å²) in [6.45, 7) is 2.66. The van der Waals surface area contributed by atoms with Crippen molar-refractivity contribution in [2.75, 3.05) is 6.54 Å². The molecule has 2 aromatic rings. The normalized spacial score (nSPS) is 12.6. The average molecular weight is 235 g/mol. The number of nitrogens with one attached hydrogen (secondary N) is 1. The second-order valence-electron chi connectivity index (χ2n) is 3.64. The second-order valence-corrected chi connectivity index (χ2v) is 3.64. The van der Waals surface area contributed by atoms with E-state index in [1.165, 1.54) is 6.07 Å². The van der Waals surface area contributed by atoms with Gasteiger partial charge in [0, 0.05) is 13.2 Å². The molecule has 1 atom stereocenters. The minimum Gasteiger partial charge on any atom is -0.304 e. The van der Waals surface area contributed by atoms with Crippen LogP contribution in [0.25, 0.3) is 0 Å². The highest BCUT2D eigenvalue weighted by molar-refractivity contribution is 5.21. The molecule has 0 bridgehead atoms. The van der Waals surface area contributed by atoms with Crippen LogP contribution in [0.5, 0.6) is 0 Å². The third-order valence-electron chi connectivity index (χ3n) is 2.51. The number of nitrogens with zero attached hydrogens (tertiary/aromatic N) is 4. The van der Waals surface area contributed by atoms with Gasteiger partial charge in [0.25, 0.3) is 0 Å². The monoisotopic (exact) mass is 235 g/mol. The van der Waals surface area contributed by atoms with Gasteiger partial charge in [0.1, 0.15) is 5.82 Å². The highest BCUT2D eigenvalue weighted by Gasteiger charge is 2.21. The molecular weight excluding hydrogens is 221 g/mol. The lowest BCUT2D eigenvalue weighted by Crippen LogP contribution is -2.26. The van der Waals surface area contributed by atoms with Crippen LogP contribution in [0.2, 0.25) is 0 Å². The van der Waals surface area contributed by atoms with E-state index in [0.29, 0.717) is 12.2 Å². The number of aryl methyl sites for hydroxylation is 1. The second kappa shape index (κ2) is 5.01. The first-order chi connectivity index (χ1) is 8.24. The van der Waals surface area contributed by atoms with Gasteiger partial charge in [-0.15, -0.1) is 5.10 Å². The average Bonchev–Trinajstić information content (AvgIpc) is 2.74. The lowest BCUT2D eigenvalue weighted by Gasteiger charge is -2.17. The van der Waals surface area contributed by atoms with Crippen molar-refractivity contribution in [2.24, 2.45) is 7.05 Å². The molecule has 1 unspecified atom stereocenters. The molecule has 90 valence electrons. The molecule has 0 aliphatic rings. The standard InChI is InChI=1S/C11H14FN5/c1-3-13-11(9-7-15-16-17(9)2)10-8(12)5-4-6-14-10/h4-7,11,13H,3H2,1-2H3. The number of halogens is 1. The molecule has 2 rings (SSSR count). The Labute approximate surface area is 98.7 Å². The van der Waals surface area contributed by atoms with E-state index < -0.39 is 0 Å². The van der Waals surface area contributed by atoms with Crippen molar-refractivity contribution in [1.82, 2.24) is 25.3 Å². The molecule has 5 nitrogen and oxygen atoms in total. The van der Waals surface area contributed by atoms with Gasteiger partial charge in [0.2, 0.25) is 0 Å². The fourth-order valence-electron chi connectivity index (χ4n) is 1.71. The molecular formula is C11H14FN5. The Kier molecular flexibility index (Phi) is 3.43. The van der Waals surface area contributed by atoms with Crippen LogP contribution in [-0.4, -0.2) is 26.5 Å². The molecule has 0 spiro atoms. The van der Waals surface area contributed by atoms with Crippen molar-refractivity contribution in [3.63, 3.8) is 0 Å². The van der Waals surface area contributed by atoms with Gasteiger partial charge in [-0.05, 0) is 18.7 Å². The lowest BCUT2D eigenvalue weighted by atomic mass is 10.1. The molecule has 0 amide bonds. The van der Waals surface area contributed by atoms with Gasteiger partial charge in [-0.1, -0.05) is 12.1 Å². The predicted octanol–water partition coefficient (Wildman–Crippen LogP) is 1.05. The highest BCUT2D eigenvalue weighted by atomic mass is 19.1. The number of hydrogen-bond donors (Lipinski definition) is 1. The molecule has 0 aliphatic carbocycles. The predicted molar refractivity (Wildman–Crippen MR) is 60.7 cm³/mol. The van der Waals surface area contributed by atoms with Crippen LogP contribution in [0.15, 0.2) is 24.5 Å². The van der Waals surface area contributed by atoms with Gasteiger partial charge in [0.15, 0.2) is 0 Å². The maximum absolute atomic E-state index is 13.7. The van der Waals surface area contributed by atoms with E-state index in [1.807, 2.05) is 6.92 Å². The van der Waals surface area contributed by atoms with Crippen LogP contribution in [0.3, 0.4) is 0 Å². The van der Waals surface area contributed by atoms with Gasteiger partial charge in [0.05, 0.1) is 23.6 Å². The van der Waals surface area contributed by atoms with Gasteiger partial charge >= 0.3 is 0 Å². The number of aromatic nitrogens is 4. The molecule has 0 radical (unpaired) electrons. The van der Waals surface area contributed by atoms with Crippen molar-refractivity contribution in [3.05, 3.63) is 41.7 Å². The van der Waals surface area contributed by atoms with Gasteiger partial charge in [-0.25, -0.2) is 4.39 Å². The molecule has 1 N–H and O–H groups in total. The minimum absolute atomic E-state index is 0.332. The van der Waals surface area contributed by atoms with E-state index in [1.54, 1.807) is 30.2 Å². The van der Waals surface area contributed by atoms with Crippen LogP contribution < -0.4 is 5.32 Å². The molecule has 17 heavy (non-hydrogen) atoms. The molecule has 0 saturated heterocycles. The summed E-state index contributed by atoms with van der Waals surface area (Å²) >= 11 is 0. The summed E-state index contributed by atoms with van der Waals surface area (Å²) in [4.78, 5) is 4.09. The van der Waals surface area contributed by atoms with E-state index in [-0.39, 0.29) is 11.9 Å². The van der Waals surface area contributed by atoms with Crippen molar-refractivity contribution < 1.29 is 4.39 Å². The van der Waals surface area contributed by atoms with Crippen LogP contribution in [0.1, 0.15) is 24.4 Å². The van der Waals surface area contributed by atoms with E-state index in [4.69, 9.17) is 0 Å². The van der Waals surface area contributed by atoms with Crippen molar-refractivity contribution >= 4 is 0 Å². The highest BCUT2D eigenvalue weighted by Crippen LogP contribution is 2.20. The lowest BCUT2D eigenvalue weighted by molar-refractivity contribution is 0.516. The first kappa shape index (κ1) is 11.7. The molecule has 0 fully saturated rings. The Balaban J connectivity index is 2.43. The summed E-state index contributed by atoms with van der Waals surface area (Å²) in [5.74, 6) is -0.334. The van der Waals surface area contributed by atoms with E-state index in [2.05, 4.69) is 20.6 Å². The first-order valence-corrected chi connectivity index (χ1v) is 5.42. The van der Waals surface area contributed by atoms with E-state index in [9.17, 15) is 4.39 Å². The third-order valence-corrected chi connectivity index (χ3v) is 2.51. The van der Waals surface area contributed by atoms with Crippen LogP contribution in [0, 0.1) is 5.82 Å². The van der Waals surface area contributed by atoms with Crippen LogP contribution in [-0.2, 0) is 7.05 Å². The zero-order chi connectivity index (χ0) is 12.3. The number of rotatable bonds is 4. The van der Waals surface area contributed by atoms with Crippen LogP contribution in [0.4, 0.5) is 4.39 Å². The van der Waals surface area contributed by atoms with Gasteiger partial charge in [-0.2, -0.15) is 0 Å². The van der Waals surface area contributed by atoms with Crippen molar-refractivity contribution in [3.8, 4) is 0 Å². The Morgan fingerprint density at radius 1 is 1.53 bits per heavy atom. The van der Waals surface area contributed by atoms with Crippen molar-refractivity contribution in [1.29, 1.82) is 0 Å². The summed E-state index contributed by atoms with van der Waals surface area (Å²) in [5, 5.41) is 10.8. The largest absolute Gasteiger partial charge is 0.304 e. The third kappa shape index (κ3) is 2.31. The topological polar surface area (TPSA) is 55.6 Å². The fraction of sp³-hybridized carbons (Fsp3) is 0.364. The van der Waals surface area contributed by atoms with Gasteiger partial charge in [-0.3, -0.25) is 9.67 Å². The maximum atomic E-state index is 13.7. The summed E-state index contributed by atoms with van der Waals surface area (Å²) in [5.41, 5.74) is 1.14. The Morgan fingerprint density at radius 3 is 2.94 bits per heavy atom. The summed E-state index contributed by atoms with van der Waals surface area (Å²) < 4.78 is 15.3. The molecule has 0 saturated carbocycles. The van der Waals surface area contributed by atoms with Crippen molar-refractivity contribution in [2.45, 2.75) is 13.0 Å². The molecule has 6 heteroatoms. The zero-order valence-corrected chi connectivity index (χ0v) is 9.76. The first-order valence-electron chi connectivity index (χ1n) is 5.42. The minimum atomic E-state index is -0.334. The Hall–Kier alpha value is -1.82. The smallest absolute Gasteiger partial charge is 0.146 e. The number of pyridine rings is 1. The zero-order valence-electron chi connectivity index (χ0n) is 9.76. The van der Waals surface area contributed by atoms with Crippen LogP contribution >= 0.6 is 0 Å². The molecule has 2 heterocycles. The maximum Gasteiger partial charge on any atom is 0.146 e. The fourth-order valence-corrected chi connectivity index (χ4v) is 1.71. The summed E-state index contributed by atoms with van der Waals surface area (Å²) in [6, 6.07) is 2.64. The van der Waals surface area contributed by atoms with E-state index in [0.717, 1.165) is 5.69 Å². The van der Waals surface area contributed by atoms with E-state index >= 15 is 0 Å². The molecule has 2 aromatic heterocycles.